The maximum atomic E-state index is 12.8. The summed E-state index contributed by atoms with van der Waals surface area (Å²) in [5.41, 5.74) is 0. The molecule has 394 valence electrons. The Morgan fingerprint density at radius 3 is 1.03 bits per heavy atom. The Morgan fingerprint density at radius 2 is 0.594 bits per heavy atom. The molecule has 0 aliphatic rings. The number of hydrogen-bond acceptors (Lipinski definition) is 6. The monoisotopic (exact) mass is 959 g/mol. The van der Waals surface area contributed by atoms with Crippen molar-refractivity contribution in [2.24, 2.45) is 0 Å². The van der Waals surface area contributed by atoms with Gasteiger partial charge in [0, 0.05) is 19.3 Å². The lowest BCUT2D eigenvalue weighted by molar-refractivity contribution is -0.167. The van der Waals surface area contributed by atoms with Gasteiger partial charge in [0.2, 0.25) is 0 Å². The Bertz CT molecular complexity index is 1380. The molecule has 0 heterocycles. The summed E-state index contributed by atoms with van der Waals surface area (Å²) in [7, 11) is 0. The second-order valence-electron chi connectivity index (χ2n) is 18.9. The van der Waals surface area contributed by atoms with Gasteiger partial charge in [-0.3, -0.25) is 14.4 Å². The number of esters is 3. The molecule has 0 rings (SSSR count). The Labute approximate surface area is 426 Å². The number of ether oxygens (including phenoxy) is 3. The van der Waals surface area contributed by atoms with E-state index in [0.29, 0.717) is 19.3 Å². The maximum absolute atomic E-state index is 12.8. The molecular formula is C63H106O6. The van der Waals surface area contributed by atoms with Gasteiger partial charge in [-0.25, -0.2) is 0 Å². The molecule has 6 nitrogen and oxygen atoms in total. The lowest BCUT2D eigenvalue weighted by Crippen LogP contribution is -2.30. The van der Waals surface area contributed by atoms with Gasteiger partial charge in [-0.05, 0) is 103 Å². The molecule has 0 spiro atoms. The van der Waals surface area contributed by atoms with E-state index in [1.54, 1.807) is 0 Å². The minimum Gasteiger partial charge on any atom is -0.462 e. The highest BCUT2D eigenvalue weighted by molar-refractivity contribution is 5.71. The average molecular weight is 960 g/mol. The van der Waals surface area contributed by atoms with Gasteiger partial charge in [-0.15, -0.1) is 0 Å². The number of allylic oxidation sites excluding steroid dienone is 16. The fourth-order valence-corrected chi connectivity index (χ4v) is 7.76. The highest BCUT2D eigenvalue weighted by Crippen LogP contribution is 2.14. The van der Waals surface area contributed by atoms with Crippen LogP contribution in [0.5, 0.6) is 0 Å². The van der Waals surface area contributed by atoms with Gasteiger partial charge in [0.15, 0.2) is 6.10 Å². The third-order valence-corrected chi connectivity index (χ3v) is 12.1. The Kier molecular flexibility index (Phi) is 53.9. The molecule has 0 aromatic carbocycles. The smallest absolute Gasteiger partial charge is 0.306 e. The lowest BCUT2D eigenvalue weighted by Gasteiger charge is -2.18. The van der Waals surface area contributed by atoms with Crippen molar-refractivity contribution in [3.05, 3.63) is 97.2 Å². The number of carbonyl (C=O) groups excluding carboxylic acids is 3. The number of unbranched alkanes of at least 4 members (excludes halogenated alkanes) is 27. The largest absolute Gasteiger partial charge is 0.462 e. The molecule has 0 radical (unpaired) electrons. The normalized spacial score (nSPS) is 12.8. The highest BCUT2D eigenvalue weighted by atomic mass is 16.6. The highest BCUT2D eigenvalue weighted by Gasteiger charge is 2.19. The molecule has 6 heteroatoms. The standard InChI is InChI=1S/C63H106O6/c1-4-7-10-13-16-19-22-25-28-31-33-35-38-41-44-47-50-53-56-62(65)68-59-60(58-67-61(64)55-52-49-46-43-40-37-34-30-27-24-21-18-15-12-9-6-3)69-63(66)57-54-51-48-45-42-39-36-32-29-26-23-20-17-14-11-8-5-2/h16,19,22,25-26,28-31,33-36,39,45,48,60H,4-15,17-18,20-21,23-24,27,32,37-38,40-44,46-47,49-59H2,1-3H3/b19-16-,25-22-,29-26-,31-28-,34-30-,35-33-,39-36-,48-45-. The molecule has 0 saturated heterocycles. The molecule has 0 aromatic rings. The molecule has 0 aromatic heterocycles. The summed E-state index contributed by atoms with van der Waals surface area (Å²) in [5.74, 6) is -0.991. The van der Waals surface area contributed by atoms with Crippen LogP contribution in [0.3, 0.4) is 0 Å². The molecule has 0 amide bonds. The van der Waals surface area contributed by atoms with E-state index in [1.165, 1.54) is 122 Å². The maximum Gasteiger partial charge on any atom is 0.306 e. The summed E-state index contributed by atoms with van der Waals surface area (Å²) >= 11 is 0. The van der Waals surface area contributed by atoms with Crippen LogP contribution in [0.1, 0.15) is 265 Å². The van der Waals surface area contributed by atoms with Crippen LogP contribution in [0.25, 0.3) is 0 Å². The van der Waals surface area contributed by atoms with Crippen LogP contribution in [0.15, 0.2) is 97.2 Å². The topological polar surface area (TPSA) is 78.9 Å². The molecule has 0 N–H and O–H groups in total. The van der Waals surface area contributed by atoms with Gasteiger partial charge in [0.1, 0.15) is 13.2 Å². The van der Waals surface area contributed by atoms with Crippen LogP contribution in [0.2, 0.25) is 0 Å². The summed E-state index contributed by atoms with van der Waals surface area (Å²) in [6, 6.07) is 0. The van der Waals surface area contributed by atoms with Gasteiger partial charge in [-0.1, -0.05) is 240 Å². The number of carbonyl (C=O) groups is 3. The SMILES string of the molecule is CCCCC\C=C/C=C\C=C/C=C\CCCCCCCC(=O)OCC(COC(=O)CCCCCCC/C=C\CCCCCCCCC)OC(=O)CCC/C=C\C/C=C\C/C=C\CCCCCCCC. The Morgan fingerprint density at radius 1 is 0.304 bits per heavy atom. The fourth-order valence-electron chi connectivity index (χ4n) is 7.76. The van der Waals surface area contributed by atoms with E-state index < -0.39 is 6.10 Å². The molecule has 1 atom stereocenters. The van der Waals surface area contributed by atoms with Gasteiger partial charge < -0.3 is 14.2 Å². The zero-order valence-corrected chi connectivity index (χ0v) is 45.0. The predicted molar refractivity (Wildman–Crippen MR) is 297 cm³/mol. The quantitative estimate of drug-likeness (QED) is 0.0199. The molecule has 0 bridgehead atoms. The summed E-state index contributed by atoms with van der Waals surface area (Å²) < 4.78 is 16.8. The van der Waals surface area contributed by atoms with Crippen molar-refractivity contribution < 1.29 is 28.6 Å². The molecule has 0 aliphatic carbocycles. The molecule has 0 saturated carbocycles. The second kappa shape index (κ2) is 56.9. The third-order valence-electron chi connectivity index (χ3n) is 12.1. The van der Waals surface area contributed by atoms with E-state index in [0.717, 1.165) is 96.3 Å². The summed E-state index contributed by atoms with van der Waals surface area (Å²) in [6.07, 6.45) is 75.4. The number of hydrogen-bond donors (Lipinski definition) is 0. The Hall–Kier alpha value is -3.67. The molecular weight excluding hydrogens is 853 g/mol. The van der Waals surface area contributed by atoms with Crippen LogP contribution in [-0.4, -0.2) is 37.2 Å². The van der Waals surface area contributed by atoms with Gasteiger partial charge in [-0.2, -0.15) is 0 Å². The lowest BCUT2D eigenvalue weighted by atomic mass is 10.1. The van der Waals surface area contributed by atoms with E-state index >= 15 is 0 Å². The Balaban J connectivity index is 4.53. The van der Waals surface area contributed by atoms with E-state index in [4.69, 9.17) is 14.2 Å². The number of rotatable bonds is 51. The van der Waals surface area contributed by atoms with Crippen molar-refractivity contribution in [1.82, 2.24) is 0 Å². The first-order chi connectivity index (χ1) is 34.0. The van der Waals surface area contributed by atoms with E-state index in [1.807, 2.05) is 0 Å². The molecule has 0 aliphatic heterocycles. The zero-order valence-electron chi connectivity index (χ0n) is 45.0. The van der Waals surface area contributed by atoms with Crippen molar-refractivity contribution in [2.75, 3.05) is 13.2 Å². The van der Waals surface area contributed by atoms with Gasteiger partial charge >= 0.3 is 17.9 Å². The van der Waals surface area contributed by atoms with Crippen molar-refractivity contribution in [3.8, 4) is 0 Å². The third kappa shape index (κ3) is 55.1. The first-order valence-electron chi connectivity index (χ1n) is 28.8. The van der Waals surface area contributed by atoms with E-state index in [-0.39, 0.29) is 37.5 Å². The van der Waals surface area contributed by atoms with Crippen LogP contribution < -0.4 is 0 Å². The first-order valence-corrected chi connectivity index (χ1v) is 28.8. The van der Waals surface area contributed by atoms with Gasteiger partial charge in [0.05, 0.1) is 0 Å². The summed E-state index contributed by atoms with van der Waals surface area (Å²) in [4.78, 5) is 38.1. The first kappa shape index (κ1) is 65.3. The van der Waals surface area contributed by atoms with Crippen molar-refractivity contribution in [3.63, 3.8) is 0 Å². The summed E-state index contributed by atoms with van der Waals surface area (Å²) in [6.45, 7) is 6.53. The van der Waals surface area contributed by atoms with Crippen molar-refractivity contribution in [2.45, 2.75) is 271 Å². The fraction of sp³-hybridized carbons (Fsp3) is 0.698. The summed E-state index contributed by atoms with van der Waals surface area (Å²) in [5, 5.41) is 0. The van der Waals surface area contributed by atoms with Crippen LogP contribution in [-0.2, 0) is 28.6 Å². The van der Waals surface area contributed by atoms with E-state index in [2.05, 4.69) is 118 Å². The zero-order chi connectivity index (χ0) is 50.0. The molecule has 1 unspecified atom stereocenters. The minimum absolute atomic E-state index is 0.110. The predicted octanol–water partition coefficient (Wildman–Crippen LogP) is 19.3. The minimum atomic E-state index is -0.819. The van der Waals surface area contributed by atoms with Crippen LogP contribution in [0.4, 0.5) is 0 Å². The molecule has 69 heavy (non-hydrogen) atoms. The van der Waals surface area contributed by atoms with Crippen molar-refractivity contribution in [1.29, 1.82) is 0 Å². The van der Waals surface area contributed by atoms with Gasteiger partial charge in [0.25, 0.3) is 0 Å². The average Bonchev–Trinajstić information content (AvgIpc) is 3.35. The second-order valence-corrected chi connectivity index (χ2v) is 18.9. The molecule has 0 fully saturated rings. The van der Waals surface area contributed by atoms with Crippen LogP contribution in [0, 0.1) is 0 Å². The van der Waals surface area contributed by atoms with Crippen LogP contribution >= 0.6 is 0 Å². The van der Waals surface area contributed by atoms with Crippen molar-refractivity contribution >= 4 is 17.9 Å². The van der Waals surface area contributed by atoms with E-state index in [9.17, 15) is 14.4 Å².